The van der Waals surface area contributed by atoms with Gasteiger partial charge < -0.3 is 4.57 Å². The van der Waals surface area contributed by atoms with E-state index in [1.165, 1.54) is 48.2 Å². The van der Waals surface area contributed by atoms with E-state index in [1.54, 1.807) is 10.8 Å². The number of hydrogen-bond acceptors (Lipinski definition) is 4. The minimum absolute atomic E-state index is 0.197. The number of rotatable bonds is 5. The number of allylic oxidation sites excluding steroid dienone is 1. The van der Waals surface area contributed by atoms with Crippen molar-refractivity contribution in [1.29, 1.82) is 0 Å². The van der Waals surface area contributed by atoms with Crippen LogP contribution in [0.2, 0.25) is 0 Å². The lowest BCUT2D eigenvalue weighted by Gasteiger charge is -2.13. The molecule has 8 heteroatoms. The number of carbonyl (C=O) groups is 1. The number of carbonyl (C=O) groups excluding carboxylic acids is 1. The minimum atomic E-state index is -4.42. The van der Waals surface area contributed by atoms with Crippen LogP contribution in [-0.2, 0) is 6.18 Å². The van der Waals surface area contributed by atoms with Gasteiger partial charge in [0.2, 0.25) is 5.78 Å². The van der Waals surface area contributed by atoms with Gasteiger partial charge in [0.1, 0.15) is 5.70 Å². The smallest absolute Gasteiger partial charge is 0.301 e. The second kappa shape index (κ2) is 7.27. The van der Waals surface area contributed by atoms with Crippen molar-refractivity contribution in [1.82, 2.24) is 9.55 Å². The first kappa shape index (κ1) is 17.7. The quantitative estimate of drug-likeness (QED) is 0.576. The zero-order valence-electron chi connectivity index (χ0n) is 12.3. The molecule has 0 aliphatic heterocycles. The van der Waals surface area contributed by atoms with Crippen LogP contribution >= 0.6 is 23.5 Å². The molecule has 0 N–H and O–H groups in total. The summed E-state index contributed by atoms with van der Waals surface area (Å²) < 4.78 is 40.2. The Morgan fingerprint density at radius 2 is 1.74 bits per heavy atom. The van der Waals surface area contributed by atoms with Crippen LogP contribution in [0.15, 0.2) is 47.2 Å². The summed E-state index contributed by atoms with van der Waals surface area (Å²) in [6.45, 7) is 0. The Balaban J connectivity index is 2.45. The number of halogens is 3. The number of aromatic nitrogens is 2. The summed E-state index contributed by atoms with van der Waals surface area (Å²) >= 11 is 2.80. The lowest BCUT2D eigenvalue weighted by atomic mass is 10.1. The Labute approximate surface area is 140 Å². The van der Waals surface area contributed by atoms with Gasteiger partial charge in [-0.2, -0.15) is 13.2 Å². The maximum absolute atomic E-state index is 12.7. The standard InChI is InChI=1S/C15H13F3N2OS2/c1-22-14(23-2)12(20-8-7-19-9-20)13(21)10-3-5-11(6-4-10)15(16,17)18/h3-9H,1-2H3. The summed E-state index contributed by atoms with van der Waals surface area (Å²) in [5.74, 6) is -0.351. The molecule has 122 valence electrons. The molecule has 1 aromatic heterocycles. The van der Waals surface area contributed by atoms with Crippen molar-refractivity contribution in [3.8, 4) is 0 Å². The molecule has 0 aliphatic rings. The molecule has 0 unspecified atom stereocenters. The third-order valence-electron chi connectivity index (χ3n) is 3.02. The molecule has 0 saturated carbocycles. The first-order chi connectivity index (χ1) is 10.9. The van der Waals surface area contributed by atoms with E-state index in [9.17, 15) is 18.0 Å². The summed E-state index contributed by atoms with van der Waals surface area (Å²) in [6, 6.07) is 4.22. The van der Waals surface area contributed by atoms with Crippen LogP contribution in [0.1, 0.15) is 15.9 Å². The summed E-state index contributed by atoms with van der Waals surface area (Å²) in [6.07, 6.45) is 3.91. The zero-order valence-corrected chi connectivity index (χ0v) is 13.9. The van der Waals surface area contributed by atoms with Gasteiger partial charge in [0.15, 0.2) is 0 Å². The van der Waals surface area contributed by atoms with Crippen LogP contribution in [0, 0.1) is 0 Å². The van der Waals surface area contributed by atoms with Gasteiger partial charge in [-0.15, -0.1) is 23.5 Å². The maximum atomic E-state index is 12.7. The predicted molar refractivity (Wildman–Crippen MR) is 88.2 cm³/mol. The van der Waals surface area contributed by atoms with Crippen molar-refractivity contribution >= 4 is 35.0 Å². The predicted octanol–water partition coefficient (Wildman–Crippen LogP) is 4.64. The van der Waals surface area contributed by atoms with Crippen LogP contribution in [-0.4, -0.2) is 27.8 Å². The van der Waals surface area contributed by atoms with Gasteiger partial charge >= 0.3 is 6.18 Å². The average Bonchev–Trinajstić information content (AvgIpc) is 3.05. The first-order valence-corrected chi connectivity index (χ1v) is 8.86. The number of hydrogen-bond donors (Lipinski definition) is 0. The third-order valence-corrected chi connectivity index (χ3v) is 5.14. The van der Waals surface area contributed by atoms with Gasteiger partial charge in [-0.05, 0) is 24.6 Å². The topological polar surface area (TPSA) is 34.9 Å². The molecule has 2 rings (SSSR count). The monoisotopic (exact) mass is 358 g/mol. The minimum Gasteiger partial charge on any atom is -0.301 e. The lowest BCUT2D eigenvalue weighted by Crippen LogP contribution is -2.11. The van der Waals surface area contributed by atoms with E-state index in [2.05, 4.69) is 4.98 Å². The highest BCUT2D eigenvalue weighted by atomic mass is 32.2. The SMILES string of the molecule is CSC(SC)=C(C(=O)c1ccc(C(F)(F)F)cc1)n1ccnc1. The van der Waals surface area contributed by atoms with Gasteiger partial charge in [-0.3, -0.25) is 4.79 Å². The highest BCUT2D eigenvalue weighted by Crippen LogP contribution is 2.33. The number of Topliss-reactive ketones (excluding diaryl/α,β-unsaturated/α-hetero) is 1. The highest BCUT2D eigenvalue weighted by molar-refractivity contribution is 8.22. The molecule has 0 saturated heterocycles. The van der Waals surface area contributed by atoms with E-state index in [-0.39, 0.29) is 11.3 Å². The molecule has 2 aromatic rings. The maximum Gasteiger partial charge on any atom is 0.416 e. The molecule has 1 heterocycles. The van der Waals surface area contributed by atoms with Crippen molar-refractivity contribution in [2.24, 2.45) is 0 Å². The van der Waals surface area contributed by atoms with E-state index in [0.29, 0.717) is 5.70 Å². The molecule has 1 aromatic carbocycles. The van der Waals surface area contributed by atoms with Gasteiger partial charge in [0.05, 0.1) is 16.1 Å². The Kier molecular flexibility index (Phi) is 5.59. The zero-order chi connectivity index (χ0) is 17.0. The first-order valence-electron chi connectivity index (χ1n) is 6.41. The fourth-order valence-corrected chi connectivity index (χ4v) is 3.38. The molecule has 23 heavy (non-hydrogen) atoms. The average molecular weight is 358 g/mol. The number of thioether (sulfide) groups is 2. The molecule has 0 amide bonds. The molecule has 0 radical (unpaired) electrons. The molecule has 0 spiro atoms. The Hall–Kier alpha value is -1.67. The second-order valence-electron chi connectivity index (χ2n) is 4.42. The van der Waals surface area contributed by atoms with Crippen LogP contribution in [0.3, 0.4) is 0 Å². The fourth-order valence-electron chi connectivity index (χ4n) is 1.93. The molecule has 3 nitrogen and oxygen atoms in total. The molecule has 0 fully saturated rings. The Morgan fingerprint density at radius 1 is 1.13 bits per heavy atom. The molecular weight excluding hydrogens is 345 g/mol. The third kappa shape index (κ3) is 4.00. The van der Waals surface area contributed by atoms with E-state index in [0.717, 1.165) is 16.4 Å². The van der Waals surface area contributed by atoms with Gasteiger partial charge in [0, 0.05) is 18.0 Å². The number of ketones is 1. The van der Waals surface area contributed by atoms with E-state index < -0.39 is 11.7 Å². The Bertz CT molecular complexity index is 701. The van der Waals surface area contributed by atoms with Crippen molar-refractivity contribution < 1.29 is 18.0 Å². The molecule has 0 bridgehead atoms. The van der Waals surface area contributed by atoms with E-state index >= 15 is 0 Å². The van der Waals surface area contributed by atoms with Crippen LogP contribution in [0.5, 0.6) is 0 Å². The van der Waals surface area contributed by atoms with Gasteiger partial charge in [-0.25, -0.2) is 4.98 Å². The van der Waals surface area contributed by atoms with Crippen molar-refractivity contribution in [2.45, 2.75) is 6.18 Å². The number of imidazole rings is 1. The Morgan fingerprint density at radius 3 is 2.17 bits per heavy atom. The van der Waals surface area contributed by atoms with Crippen LogP contribution < -0.4 is 0 Å². The van der Waals surface area contributed by atoms with E-state index in [4.69, 9.17) is 0 Å². The van der Waals surface area contributed by atoms with E-state index in [1.807, 2.05) is 12.5 Å². The fraction of sp³-hybridized carbons (Fsp3) is 0.200. The largest absolute Gasteiger partial charge is 0.416 e. The molecule has 0 aliphatic carbocycles. The second-order valence-corrected chi connectivity index (χ2v) is 6.31. The molecule has 0 atom stereocenters. The van der Waals surface area contributed by atoms with Gasteiger partial charge in [0.25, 0.3) is 0 Å². The number of nitrogens with zero attached hydrogens (tertiary/aromatic N) is 2. The van der Waals surface area contributed by atoms with Crippen LogP contribution in [0.25, 0.3) is 5.70 Å². The summed E-state index contributed by atoms with van der Waals surface area (Å²) in [4.78, 5) is 16.7. The molecular formula is C15H13F3N2OS2. The summed E-state index contributed by atoms with van der Waals surface area (Å²) in [7, 11) is 0. The normalized spacial score (nSPS) is 11.3. The van der Waals surface area contributed by atoms with Crippen LogP contribution in [0.4, 0.5) is 13.2 Å². The van der Waals surface area contributed by atoms with Crippen molar-refractivity contribution in [3.63, 3.8) is 0 Å². The lowest BCUT2D eigenvalue weighted by molar-refractivity contribution is -0.137. The summed E-state index contributed by atoms with van der Waals surface area (Å²) in [5.41, 5.74) is -0.207. The highest BCUT2D eigenvalue weighted by Gasteiger charge is 2.30. The van der Waals surface area contributed by atoms with Crippen molar-refractivity contribution in [2.75, 3.05) is 12.5 Å². The van der Waals surface area contributed by atoms with Gasteiger partial charge in [-0.1, -0.05) is 12.1 Å². The van der Waals surface area contributed by atoms with Crippen molar-refractivity contribution in [3.05, 3.63) is 58.4 Å². The number of alkyl halides is 3. The number of benzene rings is 1. The summed E-state index contributed by atoms with van der Waals surface area (Å²) in [5, 5.41) is 0.